The van der Waals surface area contributed by atoms with Gasteiger partial charge in [0.1, 0.15) is 11.5 Å². The largest absolute Gasteiger partial charge is 0.459 e. The molecule has 9 nitrogen and oxygen atoms in total. The lowest BCUT2D eigenvalue weighted by molar-refractivity contribution is -0.291. The molecule has 2 amide bonds. The Balaban J connectivity index is 1.84. The molecule has 0 spiro atoms. The number of nitrogens with zero attached hydrogens (tertiary/aromatic N) is 5. The average Bonchev–Trinajstić information content (AvgIpc) is 3.42. The van der Waals surface area contributed by atoms with Crippen molar-refractivity contribution in [3.8, 4) is 11.3 Å². The van der Waals surface area contributed by atoms with Gasteiger partial charge >= 0.3 is 12.1 Å². The van der Waals surface area contributed by atoms with Crippen molar-refractivity contribution in [3.63, 3.8) is 0 Å². The quantitative estimate of drug-likeness (QED) is 0.382. The number of carbonyl (C=O) groups is 2. The average molecular weight is 511 g/mol. The summed E-state index contributed by atoms with van der Waals surface area (Å²) in [4.78, 5) is 28.4. The van der Waals surface area contributed by atoms with Crippen molar-refractivity contribution in [2.24, 2.45) is 5.73 Å². The maximum Gasteiger partial charge on any atom is 0.459 e. The molecule has 0 atom stereocenters. The van der Waals surface area contributed by atoms with Crippen molar-refractivity contribution < 1.29 is 35.9 Å². The van der Waals surface area contributed by atoms with E-state index in [4.69, 9.17) is 5.73 Å². The van der Waals surface area contributed by atoms with Crippen LogP contribution >= 0.6 is 0 Å². The molecule has 15 heteroatoms. The Morgan fingerprint density at radius 2 is 1.72 bits per heavy atom. The van der Waals surface area contributed by atoms with Gasteiger partial charge < -0.3 is 11.1 Å². The highest BCUT2D eigenvalue weighted by Gasteiger charge is 2.60. The van der Waals surface area contributed by atoms with Gasteiger partial charge in [-0.15, -0.1) is 0 Å². The number of nitrogens with one attached hydrogen (secondary N) is 1. The van der Waals surface area contributed by atoms with E-state index in [2.05, 4.69) is 20.5 Å². The molecule has 0 bridgehead atoms. The zero-order valence-electron chi connectivity index (χ0n) is 18.1. The predicted molar refractivity (Wildman–Crippen MR) is 113 cm³/mol. The Hall–Kier alpha value is -4.43. The Kier molecular flexibility index (Phi) is 5.94. The summed E-state index contributed by atoms with van der Waals surface area (Å²) in [5, 5.41) is 9.77. The van der Waals surface area contributed by atoms with Crippen molar-refractivity contribution in [3.05, 3.63) is 65.5 Å². The topological polar surface area (TPSA) is 120 Å². The van der Waals surface area contributed by atoms with Gasteiger partial charge in [-0.25, -0.2) is 13.9 Å². The molecule has 4 aromatic rings. The van der Waals surface area contributed by atoms with Crippen LogP contribution in [0.3, 0.4) is 0 Å². The lowest BCUT2D eigenvalue weighted by Crippen LogP contribution is -2.36. The highest BCUT2D eigenvalue weighted by Crippen LogP contribution is 2.44. The molecule has 0 fully saturated rings. The van der Waals surface area contributed by atoms with Gasteiger partial charge in [0.05, 0.1) is 11.4 Å². The molecule has 0 radical (unpaired) electrons. The minimum absolute atomic E-state index is 0.0448. The Morgan fingerprint density at radius 1 is 1.06 bits per heavy atom. The molecule has 3 N–H and O–H groups in total. The van der Waals surface area contributed by atoms with Crippen molar-refractivity contribution in [2.75, 3.05) is 5.32 Å². The number of primary amides is 1. The van der Waals surface area contributed by atoms with Gasteiger partial charge in [-0.05, 0) is 37.3 Å². The van der Waals surface area contributed by atoms with Crippen LogP contribution in [0.25, 0.3) is 16.9 Å². The number of hydrogen-bond acceptors (Lipinski definition) is 5. The second-order valence-electron chi connectivity index (χ2n) is 7.47. The van der Waals surface area contributed by atoms with Crippen molar-refractivity contribution >= 4 is 23.1 Å². The van der Waals surface area contributed by atoms with Crippen LogP contribution < -0.4 is 11.1 Å². The monoisotopic (exact) mass is 511 g/mol. The molecule has 0 aliphatic rings. The van der Waals surface area contributed by atoms with Gasteiger partial charge in [0.25, 0.3) is 11.8 Å². The molecule has 4 rings (SSSR count). The fraction of sp³-hybridized carbons (Fsp3) is 0.190. The van der Waals surface area contributed by atoms with Crippen LogP contribution in [0.2, 0.25) is 0 Å². The first kappa shape index (κ1) is 24.7. The fourth-order valence-electron chi connectivity index (χ4n) is 3.27. The van der Waals surface area contributed by atoms with E-state index < -0.39 is 46.8 Å². The van der Waals surface area contributed by atoms with E-state index in [-0.39, 0.29) is 27.2 Å². The van der Waals surface area contributed by atoms with Crippen LogP contribution in [-0.2, 0) is 12.5 Å². The van der Waals surface area contributed by atoms with Crippen LogP contribution in [-0.4, -0.2) is 42.4 Å². The van der Waals surface area contributed by atoms with Gasteiger partial charge in [-0.3, -0.25) is 14.3 Å². The number of carbonyl (C=O) groups excluding carboxylic acids is 2. The molecule has 0 saturated carbocycles. The van der Waals surface area contributed by atoms with E-state index in [1.54, 1.807) is 6.92 Å². The van der Waals surface area contributed by atoms with Crippen LogP contribution in [0, 0.1) is 5.82 Å². The molecular weight excluding hydrogens is 496 g/mol. The zero-order valence-corrected chi connectivity index (χ0v) is 18.1. The molecule has 1 aromatic carbocycles. The number of nitrogens with two attached hydrogens (primary N) is 1. The number of amides is 2. The van der Waals surface area contributed by atoms with E-state index >= 15 is 0 Å². The van der Waals surface area contributed by atoms with Crippen LogP contribution in [0.15, 0.2) is 42.6 Å². The van der Waals surface area contributed by atoms with E-state index in [0.717, 1.165) is 30.3 Å². The number of fused-ring (bicyclic) bond motifs is 1. The predicted octanol–water partition coefficient (Wildman–Crippen LogP) is 3.76. The number of aromatic nitrogens is 5. The van der Waals surface area contributed by atoms with Gasteiger partial charge in [-0.2, -0.15) is 32.1 Å². The third kappa shape index (κ3) is 4.34. The normalized spacial score (nSPS) is 12.2. The Labute approximate surface area is 197 Å². The van der Waals surface area contributed by atoms with Gasteiger partial charge in [0.2, 0.25) is 0 Å². The zero-order chi connectivity index (χ0) is 26.4. The number of hydrogen-bond donors (Lipinski definition) is 2. The number of benzene rings is 1. The van der Waals surface area contributed by atoms with E-state index in [1.165, 1.54) is 10.9 Å². The minimum atomic E-state index is -6.00. The summed E-state index contributed by atoms with van der Waals surface area (Å²) < 4.78 is 83.4. The smallest absolute Gasteiger partial charge is 0.364 e. The van der Waals surface area contributed by atoms with E-state index in [0.29, 0.717) is 12.6 Å². The number of rotatable bonds is 6. The minimum Gasteiger partial charge on any atom is -0.364 e. The third-order valence-electron chi connectivity index (χ3n) is 5.04. The molecule has 0 unspecified atom stereocenters. The highest BCUT2D eigenvalue weighted by molar-refractivity contribution is 6.07. The number of aryl methyl sites for hydroxylation is 1. The lowest BCUT2D eigenvalue weighted by atomic mass is 10.1. The number of alkyl halides is 5. The summed E-state index contributed by atoms with van der Waals surface area (Å²) in [5.41, 5.74) is 1.81. The summed E-state index contributed by atoms with van der Waals surface area (Å²) in [6.07, 6.45) is -4.72. The van der Waals surface area contributed by atoms with Crippen LogP contribution in [0.5, 0.6) is 0 Å². The van der Waals surface area contributed by atoms with Gasteiger partial charge in [0.15, 0.2) is 17.0 Å². The molecular formula is C21H15F6N7O2. The van der Waals surface area contributed by atoms with Gasteiger partial charge in [-0.1, -0.05) is 0 Å². The van der Waals surface area contributed by atoms with E-state index in [1.807, 2.05) is 0 Å². The molecule has 0 saturated heterocycles. The summed E-state index contributed by atoms with van der Waals surface area (Å²) in [5.74, 6) is -8.07. The highest BCUT2D eigenvalue weighted by atomic mass is 19.4. The maximum atomic E-state index is 14.5. The lowest BCUT2D eigenvalue weighted by Gasteiger charge is -2.21. The second kappa shape index (κ2) is 8.66. The summed E-state index contributed by atoms with van der Waals surface area (Å²) in [6.45, 7) is 2.01. The molecule has 36 heavy (non-hydrogen) atoms. The van der Waals surface area contributed by atoms with E-state index in [9.17, 15) is 35.9 Å². The summed E-state index contributed by atoms with van der Waals surface area (Å²) in [7, 11) is 0. The fourth-order valence-corrected chi connectivity index (χ4v) is 3.27. The SMILES string of the molecule is CCn1cc(NC(=O)c2cc3nc(-c4ccc(F)cc4)cc(C(F)(F)C(F)(F)F)n3n2)c(C(N)=O)n1. The first-order valence-electron chi connectivity index (χ1n) is 10.1. The summed E-state index contributed by atoms with van der Waals surface area (Å²) >= 11 is 0. The molecule has 0 aliphatic carbocycles. The van der Waals surface area contributed by atoms with Crippen LogP contribution in [0.4, 0.5) is 32.0 Å². The Morgan fingerprint density at radius 3 is 2.31 bits per heavy atom. The second-order valence-corrected chi connectivity index (χ2v) is 7.47. The summed E-state index contributed by atoms with van der Waals surface area (Å²) in [6, 6.07) is 5.58. The molecule has 0 aliphatic heterocycles. The third-order valence-corrected chi connectivity index (χ3v) is 5.04. The molecule has 3 heterocycles. The molecule has 3 aromatic heterocycles. The first-order valence-corrected chi connectivity index (χ1v) is 10.1. The van der Waals surface area contributed by atoms with Crippen molar-refractivity contribution in [1.82, 2.24) is 24.4 Å². The van der Waals surface area contributed by atoms with Crippen molar-refractivity contribution in [2.45, 2.75) is 25.6 Å². The number of anilines is 1. The Bertz CT molecular complexity index is 1470. The number of halogens is 6. The van der Waals surface area contributed by atoms with Crippen molar-refractivity contribution in [1.29, 1.82) is 0 Å². The van der Waals surface area contributed by atoms with Crippen LogP contribution in [0.1, 0.15) is 33.6 Å². The molecule has 188 valence electrons. The first-order chi connectivity index (χ1) is 16.8. The van der Waals surface area contributed by atoms with Gasteiger partial charge in [0, 0.05) is 24.4 Å². The maximum absolute atomic E-state index is 14.5. The standard InChI is InChI=1S/C21H15F6N7O2/c1-2-33-9-14(17(32-33)18(28)35)30-19(36)13-8-16-29-12(10-3-5-11(22)6-4-10)7-15(34(16)31-13)20(23,24)21(25,26)27/h3-9H,2H2,1H3,(H2,28,35)(H,30,36).